The monoisotopic (exact) mass is 225 g/mol. The van der Waals surface area contributed by atoms with Crippen molar-refractivity contribution in [2.75, 3.05) is 0 Å². The van der Waals surface area contributed by atoms with Gasteiger partial charge >= 0.3 is 0 Å². The summed E-state index contributed by atoms with van der Waals surface area (Å²) in [4.78, 5) is 0. The van der Waals surface area contributed by atoms with E-state index in [-0.39, 0.29) is 0 Å². The molecule has 0 spiro atoms. The molecule has 0 aliphatic carbocycles. The van der Waals surface area contributed by atoms with Gasteiger partial charge in [-0.25, -0.2) is 0 Å². The van der Waals surface area contributed by atoms with Crippen molar-refractivity contribution in [1.29, 1.82) is 0 Å². The zero-order valence-corrected chi connectivity index (χ0v) is 10.5. The summed E-state index contributed by atoms with van der Waals surface area (Å²) in [6, 6.07) is 20.7. The Morgan fingerprint density at radius 3 is 2.06 bits per heavy atom. The number of rotatable bonds is 3. The zero-order chi connectivity index (χ0) is 11.2. The molecule has 0 aliphatic heterocycles. The second kappa shape index (κ2) is 5.33. The molecule has 2 aromatic rings. The lowest BCUT2D eigenvalue weighted by molar-refractivity contribution is 1.54. The highest BCUT2D eigenvalue weighted by Gasteiger charge is 1.95. The van der Waals surface area contributed by atoms with Gasteiger partial charge in [0.1, 0.15) is 9.52 Å². The Morgan fingerprint density at radius 1 is 0.875 bits per heavy atom. The SMILES string of the molecule is NC(=Cc1ccccc1)[SiH2]c1ccccc1. The van der Waals surface area contributed by atoms with Crippen LogP contribution < -0.4 is 10.9 Å². The zero-order valence-electron chi connectivity index (χ0n) is 9.14. The maximum Gasteiger partial charge on any atom is 0.107 e. The van der Waals surface area contributed by atoms with E-state index in [2.05, 4.69) is 42.5 Å². The van der Waals surface area contributed by atoms with E-state index in [1.54, 1.807) is 0 Å². The molecule has 2 aromatic carbocycles. The van der Waals surface area contributed by atoms with Crippen LogP contribution in [0, 0.1) is 0 Å². The summed E-state index contributed by atoms with van der Waals surface area (Å²) < 4.78 is 0. The predicted molar refractivity (Wildman–Crippen MR) is 73.2 cm³/mol. The van der Waals surface area contributed by atoms with Crippen molar-refractivity contribution in [3.63, 3.8) is 0 Å². The fourth-order valence-corrected chi connectivity index (χ4v) is 2.96. The molecule has 0 heterocycles. The average molecular weight is 225 g/mol. The highest BCUT2D eigenvalue weighted by atomic mass is 28.2. The Bertz CT molecular complexity index is 463. The van der Waals surface area contributed by atoms with Crippen molar-refractivity contribution in [2.45, 2.75) is 0 Å². The Hall–Kier alpha value is -1.80. The normalized spacial score (nSPS) is 12.1. The van der Waals surface area contributed by atoms with Crippen LogP contribution in [0.3, 0.4) is 0 Å². The first kappa shape index (κ1) is 10.7. The fraction of sp³-hybridized carbons (Fsp3) is 0. The van der Waals surface area contributed by atoms with Gasteiger partial charge in [-0.1, -0.05) is 65.9 Å². The van der Waals surface area contributed by atoms with Crippen LogP contribution in [0.5, 0.6) is 0 Å². The lowest BCUT2D eigenvalue weighted by Crippen LogP contribution is -2.20. The first-order chi connectivity index (χ1) is 7.84. The summed E-state index contributed by atoms with van der Waals surface area (Å²) in [6.07, 6.45) is 2.08. The maximum atomic E-state index is 6.06. The van der Waals surface area contributed by atoms with Crippen molar-refractivity contribution in [3.8, 4) is 0 Å². The van der Waals surface area contributed by atoms with E-state index in [1.807, 2.05) is 24.3 Å². The third kappa shape index (κ3) is 3.10. The Balaban J connectivity index is 2.09. The molecule has 0 atom stereocenters. The van der Waals surface area contributed by atoms with Crippen LogP contribution in [-0.2, 0) is 0 Å². The number of benzene rings is 2. The number of hydrogen-bond donors (Lipinski definition) is 1. The summed E-state index contributed by atoms with van der Waals surface area (Å²) in [6.45, 7) is 0. The molecule has 16 heavy (non-hydrogen) atoms. The first-order valence-corrected chi connectivity index (χ1v) is 6.81. The average Bonchev–Trinajstić information content (AvgIpc) is 2.31. The van der Waals surface area contributed by atoms with Crippen molar-refractivity contribution in [2.24, 2.45) is 5.73 Å². The van der Waals surface area contributed by atoms with Gasteiger partial charge in [-0.05, 0) is 17.0 Å². The number of nitrogens with two attached hydrogens (primary N) is 1. The van der Waals surface area contributed by atoms with Gasteiger partial charge in [-0.3, -0.25) is 0 Å². The topological polar surface area (TPSA) is 26.0 Å². The summed E-state index contributed by atoms with van der Waals surface area (Å²) >= 11 is 0. The van der Waals surface area contributed by atoms with Crippen LogP contribution in [0.1, 0.15) is 5.56 Å². The van der Waals surface area contributed by atoms with Crippen molar-refractivity contribution < 1.29 is 0 Å². The number of hydrogen-bond acceptors (Lipinski definition) is 1. The van der Waals surface area contributed by atoms with Crippen LogP contribution in [0.2, 0.25) is 0 Å². The second-order valence-electron chi connectivity index (χ2n) is 3.79. The quantitative estimate of drug-likeness (QED) is 0.786. The van der Waals surface area contributed by atoms with Crippen molar-refractivity contribution in [3.05, 3.63) is 71.5 Å². The highest BCUT2D eigenvalue weighted by molar-refractivity contribution is 6.61. The van der Waals surface area contributed by atoms with E-state index < -0.39 is 9.52 Å². The smallest absolute Gasteiger partial charge is 0.107 e. The van der Waals surface area contributed by atoms with Gasteiger partial charge in [0.25, 0.3) is 0 Å². The van der Waals surface area contributed by atoms with Gasteiger partial charge in [0, 0.05) is 0 Å². The molecule has 0 aliphatic rings. The molecule has 0 radical (unpaired) electrons. The lowest BCUT2D eigenvalue weighted by Gasteiger charge is -2.01. The van der Waals surface area contributed by atoms with Crippen LogP contribution in [0.15, 0.2) is 66.0 Å². The third-order valence-corrected chi connectivity index (χ3v) is 3.89. The molecule has 0 saturated heterocycles. The molecule has 2 rings (SSSR count). The molecule has 0 unspecified atom stereocenters. The molecule has 2 heteroatoms. The fourth-order valence-electron chi connectivity index (χ4n) is 1.65. The van der Waals surface area contributed by atoms with Crippen LogP contribution in [0.4, 0.5) is 0 Å². The Kier molecular flexibility index (Phi) is 3.56. The largest absolute Gasteiger partial charge is 0.406 e. The van der Waals surface area contributed by atoms with E-state index >= 15 is 0 Å². The van der Waals surface area contributed by atoms with Crippen molar-refractivity contribution >= 4 is 20.8 Å². The van der Waals surface area contributed by atoms with Crippen molar-refractivity contribution in [1.82, 2.24) is 0 Å². The Labute approximate surface area is 98.4 Å². The van der Waals surface area contributed by atoms with Gasteiger partial charge in [0.2, 0.25) is 0 Å². The molecule has 0 fully saturated rings. The molecule has 0 amide bonds. The first-order valence-electron chi connectivity index (χ1n) is 5.39. The minimum Gasteiger partial charge on any atom is -0.406 e. The van der Waals surface area contributed by atoms with E-state index in [4.69, 9.17) is 5.73 Å². The molecule has 80 valence electrons. The summed E-state index contributed by atoms with van der Waals surface area (Å²) in [5.74, 6) is 0. The van der Waals surface area contributed by atoms with Crippen LogP contribution >= 0.6 is 0 Å². The van der Waals surface area contributed by atoms with Gasteiger partial charge in [-0.15, -0.1) is 0 Å². The second-order valence-corrected chi connectivity index (χ2v) is 5.78. The van der Waals surface area contributed by atoms with Crippen LogP contribution in [-0.4, -0.2) is 9.52 Å². The highest BCUT2D eigenvalue weighted by Crippen LogP contribution is 2.02. The molecule has 2 N–H and O–H groups in total. The molecular formula is C14H15NSi. The molecule has 0 saturated carbocycles. The minimum absolute atomic E-state index is 0.492. The van der Waals surface area contributed by atoms with Gasteiger partial charge < -0.3 is 5.73 Å². The van der Waals surface area contributed by atoms with Crippen LogP contribution in [0.25, 0.3) is 6.08 Å². The summed E-state index contributed by atoms with van der Waals surface area (Å²) in [7, 11) is -0.492. The van der Waals surface area contributed by atoms with E-state index in [0.717, 1.165) is 5.32 Å². The molecule has 0 aromatic heterocycles. The standard InChI is InChI=1S/C14H15NSi/c15-14(11-12-7-3-1-4-8-12)16-13-9-5-2-6-10-13/h1-11H,15-16H2. The van der Waals surface area contributed by atoms with E-state index in [0.29, 0.717) is 0 Å². The molecular weight excluding hydrogens is 210 g/mol. The third-order valence-electron chi connectivity index (χ3n) is 2.40. The van der Waals surface area contributed by atoms with E-state index in [1.165, 1.54) is 10.8 Å². The lowest BCUT2D eigenvalue weighted by atomic mass is 10.2. The summed E-state index contributed by atoms with van der Waals surface area (Å²) in [5, 5.41) is 2.41. The van der Waals surface area contributed by atoms with Gasteiger partial charge in [0.05, 0.1) is 0 Å². The van der Waals surface area contributed by atoms with E-state index in [9.17, 15) is 0 Å². The molecule has 0 bridgehead atoms. The molecule has 1 nitrogen and oxygen atoms in total. The van der Waals surface area contributed by atoms with Gasteiger partial charge in [0.15, 0.2) is 0 Å². The maximum absolute atomic E-state index is 6.06. The minimum atomic E-state index is -0.492. The predicted octanol–water partition coefficient (Wildman–Crippen LogP) is 1.44. The van der Waals surface area contributed by atoms with Gasteiger partial charge in [-0.2, -0.15) is 0 Å². The Morgan fingerprint density at radius 2 is 1.44 bits per heavy atom. The summed E-state index contributed by atoms with van der Waals surface area (Å²) in [5.41, 5.74) is 7.24.